The van der Waals surface area contributed by atoms with Gasteiger partial charge in [-0.2, -0.15) is 0 Å². The molecule has 2 N–H and O–H groups in total. The highest BCUT2D eigenvalue weighted by Crippen LogP contribution is 1.97. The summed E-state index contributed by atoms with van der Waals surface area (Å²) < 4.78 is 0. The number of hydrogen-bond acceptors (Lipinski definition) is 3. The van der Waals surface area contributed by atoms with E-state index in [1.807, 2.05) is 0 Å². The largest absolute Gasteiger partial charge is 0.347 e. The van der Waals surface area contributed by atoms with Crippen LogP contribution in [0.25, 0.3) is 0 Å². The maximum Gasteiger partial charge on any atom is 0.251 e. The molecule has 0 fully saturated rings. The molecule has 2 rings (SSSR count). The first-order chi connectivity index (χ1) is 7.36. The molecule has 0 bridgehead atoms. The average Bonchev–Trinajstić information content (AvgIpc) is 2.80. The van der Waals surface area contributed by atoms with Gasteiger partial charge in [0.05, 0.1) is 18.6 Å². The van der Waals surface area contributed by atoms with Crippen molar-refractivity contribution < 1.29 is 4.79 Å². The first-order valence-corrected chi connectivity index (χ1v) is 4.52. The van der Waals surface area contributed by atoms with E-state index >= 15 is 0 Å². The third-order valence-corrected chi connectivity index (χ3v) is 1.94. The summed E-state index contributed by atoms with van der Waals surface area (Å²) in [6.07, 6.45) is 6.43. The van der Waals surface area contributed by atoms with Crippen LogP contribution in [0.15, 0.2) is 37.1 Å². The summed E-state index contributed by atoms with van der Waals surface area (Å²) >= 11 is 0. The van der Waals surface area contributed by atoms with Gasteiger partial charge >= 0.3 is 0 Å². The van der Waals surface area contributed by atoms with E-state index in [9.17, 15) is 4.79 Å². The van der Waals surface area contributed by atoms with Crippen molar-refractivity contribution in [3.63, 3.8) is 0 Å². The predicted molar refractivity (Wildman–Crippen MR) is 54.0 cm³/mol. The van der Waals surface area contributed by atoms with E-state index < -0.39 is 0 Å². The summed E-state index contributed by atoms with van der Waals surface area (Å²) in [5, 5.41) is 2.76. The van der Waals surface area contributed by atoms with Crippen molar-refractivity contribution in [1.82, 2.24) is 20.3 Å². The Morgan fingerprint density at radius 1 is 1.33 bits per heavy atom. The number of carbonyl (C=O) groups excluding carboxylic acids is 1. The summed E-state index contributed by atoms with van der Waals surface area (Å²) in [7, 11) is 0. The number of imidazole rings is 1. The second-order valence-corrected chi connectivity index (χ2v) is 3.00. The zero-order chi connectivity index (χ0) is 10.5. The van der Waals surface area contributed by atoms with Crippen LogP contribution in [0.2, 0.25) is 0 Å². The number of hydrogen-bond donors (Lipinski definition) is 2. The number of nitrogens with one attached hydrogen (secondary N) is 2. The van der Waals surface area contributed by atoms with Crippen LogP contribution in [0.1, 0.15) is 16.1 Å². The fourth-order valence-corrected chi connectivity index (χ4v) is 1.16. The van der Waals surface area contributed by atoms with Crippen LogP contribution in [-0.2, 0) is 6.54 Å². The molecule has 0 saturated carbocycles. The topological polar surface area (TPSA) is 70.7 Å². The molecule has 5 heteroatoms. The second kappa shape index (κ2) is 4.36. The summed E-state index contributed by atoms with van der Waals surface area (Å²) in [6, 6.07) is 3.34. The van der Waals surface area contributed by atoms with E-state index in [0.29, 0.717) is 12.1 Å². The highest BCUT2D eigenvalue weighted by molar-refractivity contribution is 5.93. The third kappa shape index (κ3) is 2.40. The van der Waals surface area contributed by atoms with E-state index in [4.69, 9.17) is 0 Å². The Bertz CT molecular complexity index is 424. The van der Waals surface area contributed by atoms with Crippen LogP contribution < -0.4 is 5.32 Å². The van der Waals surface area contributed by atoms with Crippen molar-refractivity contribution >= 4 is 5.91 Å². The molecule has 0 aliphatic rings. The molecule has 1 amide bonds. The number of pyridine rings is 1. The Morgan fingerprint density at radius 3 is 2.80 bits per heavy atom. The van der Waals surface area contributed by atoms with Crippen LogP contribution >= 0.6 is 0 Å². The summed E-state index contributed by atoms with van der Waals surface area (Å²) in [6.45, 7) is 0.446. The van der Waals surface area contributed by atoms with Crippen molar-refractivity contribution in [2.45, 2.75) is 6.54 Å². The monoisotopic (exact) mass is 202 g/mol. The van der Waals surface area contributed by atoms with Crippen molar-refractivity contribution in [3.05, 3.63) is 48.3 Å². The van der Waals surface area contributed by atoms with Crippen LogP contribution in [-0.4, -0.2) is 20.9 Å². The highest BCUT2D eigenvalue weighted by atomic mass is 16.1. The molecule has 5 nitrogen and oxygen atoms in total. The van der Waals surface area contributed by atoms with Gasteiger partial charge in [-0.25, -0.2) is 4.98 Å². The van der Waals surface area contributed by atoms with Crippen LogP contribution in [0.3, 0.4) is 0 Å². The summed E-state index contributed by atoms with van der Waals surface area (Å²) in [4.78, 5) is 22.2. The lowest BCUT2D eigenvalue weighted by atomic mass is 10.2. The maximum absolute atomic E-state index is 11.6. The number of aromatic nitrogens is 3. The highest BCUT2D eigenvalue weighted by Gasteiger charge is 2.03. The van der Waals surface area contributed by atoms with Crippen LogP contribution in [0.5, 0.6) is 0 Å². The van der Waals surface area contributed by atoms with E-state index in [1.54, 1.807) is 37.1 Å². The third-order valence-electron chi connectivity index (χ3n) is 1.94. The van der Waals surface area contributed by atoms with Crippen molar-refractivity contribution in [2.24, 2.45) is 0 Å². The molecule has 0 radical (unpaired) electrons. The Morgan fingerprint density at radius 2 is 2.13 bits per heavy atom. The van der Waals surface area contributed by atoms with Gasteiger partial charge in [-0.15, -0.1) is 0 Å². The van der Waals surface area contributed by atoms with Gasteiger partial charge in [-0.05, 0) is 12.1 Å². The van der Waals surface area contributed by atoms with E-state index in [0.717, 1.165) is 5.69 Å². The second-order valence-electron chi connectivity index (χ2n) is 3.00. The zero-order valence-electron chi connectivity index (χ0n) is 7.97. The molecular weight excluding hydrogens is 192 g/mol. The standard InChI is InChI=1S/C10H10N4O/c15-10(8-1-3-11-4-2-8)13-6-9-5-12-7-14-9/h1-5,7H,6H2,(H,12,14)(H,13,15). The number of amides is 1. The van der Waals surface area contributed by atoms with E-state index in [2.05, 4.69) is 20.3 Å². The molecule has 0 unspecified atom stereocenters. The van der Waals surface area contributed by atoms with Gasteiger partial charge in [0.25, 0.3) is 5.91 Å². The molecule has 0 saturated heterocycles. The normalized spacial score (nSPS) is 9.87. The van der Waals surface area contributed by atoms with Crippen LogP contribution in [0, 0.1) is 0 Å². The Kier molecular flexibility index (Phi) is 2.73. The van der Waals surface area contributed by atoms with Gasteiger partial charge in [0.1, 0.15) is 0 Å². The number of aromatic amines is 1. The number of nitrogens with zero attached hydrogens (tertiary/aromatic N) is 2. The lowest BCUT2D eigenvalue weighted by molar-refractivity contribution is 0.0950. The zero-order valence-corrected chi connectivity index (χ0v) is 7.97. The molecule has 0 aliphatic heterocycles. The van der Waals surface area contributed by atoms with E-state index in [-0.39, 0.29) is 5.91 Å². The van der Waals surface area contributed by atoms with E-state index in [1.165, 1.54) is 0 Å². The smallest absolute Gasteiger partial charge is 0.251 e. The summed E-state index contributed by atoms with van der Waals surface area (Å²) in [5.41, 5.74) is 1.47. The molecule has 0 atom stereocenters. The fraction of sp³-hybridized carbons (Fsp3) is 0.100. The van der Waals surface area contributed by atoms with Gasteiger partial charge in [0.2, 0.25) is 0 Å². The molecule has 2 heterocycles. The molecule has 2 aromatic heterocycles. The molecule has 0 aliphatic carbocycles. The first-order valence-electron chi connectivity index (χ1n) is 4.52. The van der Waals surface area contributed by atoms with Gasteiger partial charge in [0.15, 0.2) is 0 Å². The van der Waals surface area contributed by atoms with Gasteiger partial charge in [-0.1, -0.05) is 0 Å². The van der Waals surface area contributed by atoms with Gasteiger partial charge < -0.3 is 10.3 Å². The number of rotatable bonds is 3. The maximum atomic E-state index is 11.6. The molecule has 15 heavy (non-hydrogen) atoms. The molecular formula is C10H10N4O. The first kappa shape index (κ1) is 9.39. The lowest BCUT2D eigenvalue weighted by Gasteiger charge is -2.02. The summed E-state index contributed by atoms with van der Waals surface area (Å²) in [5.74, 6) is -0.119. The van der Waals surface area contributed by atoms with Gasteiger partial charge in [-0.3, -0.25) is 9.78 Å². The van der Waals surface area contributed by atoms with Crippen molar-refractivity contribution in [1.29, 1.82) is 0 Å². The Balaban J connectivity index is 1.94. The minimum absolute atomic E-state index is 0.119. The quantitative estimate of drug-likeness (QED) is 0.771. The van der Waals surface area contributed by atoms with Crippen molar-refractivity contribution in [2.75, 3.05) is 0 Å². The fourth-order valence-electron chi connectivity index (χ4n) is 1.16. The SMILES string of the molecule is O=C(NCc1cnc[nH]1)c1ccncc1. The molecule has 2 aromatic rings. The Hall–Kier alpha value is -2.17. The molecule has 0 aromatic carbocycles. The minimum Gasteiger partial charge on any atom is -0.347 e. The number of H-pyrrole nitrogens is 1. The number of carbonyl (C=O) groups is 1. The van der Waals surface area contributed by atoms with Crippen LogP contribution in [0.4, 0.5) is 0 Å². The lowest BCUT2D eigenvalue weighted by Crippen LogP contribution is -2.22. The predicted octanol–water partition coefficient (Wildman–Crippen LogP) is 0.735. The molecule has 76 valence electrons. The Labute approximate surface area is 86.6 Å². The minimum atomic E-state index is -0.119. The average molecular weight is 202 g/mol. The molecule has 0 spiro atoms. The van der Waals surface area contributed by atoms with Crippen molar-refractivity contribution in [3.8, 4) is 0 Å². The van der Waals surface area contributed by atoms with Gasteiger partial charge in [0, 0.05) is 24.2 Å².